The van der Waals surface area contributed by atoms with E-state index in [2.05, 4.69) is 19.2 Å². The van der Waals surface area contributed by atoms with E-state index in [1.54, 1.807) is 0 Å². The molecule has 1 fully saturated rings. The second-order valence-electron chi connectivity index (χ2n) is 7.37. The molecule has 0 spiro atoms. The van der Waals surface area contributed by atoms with Gasteiger partial charge in [-0.25, -0.2) is 0 Å². The van der Waals surface area contributed by atoms with Crippen LogP contribution in [0.4, 0.5) is 5.69 Å². The van der Waals surface area contributed by atoms with Crippen molar-refractivity contribution < 1.29 is 14.3 Å². The third-order valence-electron chi connectivity index (χ3n) is 4.96. The van der Waals surface area contributed by atoms with Gasteiger partial charge in [-0.15, -0.1) is 0 Å². The van der Waals surface area contributed by atoms with Gasteiger partial charge in [0.05, 0.1) is 6.61 Å². The predicted octanol–water partition coefficient (Wildman–Crippen LogP) is 5.02. The van der Waals surface area contributed by atoms with Crippen LogP contribution in [0, 0.1) is 19.8 Å². The highest BCUT2D eigenvalue weighted by Gasteiger charge is 2.42. The summed E-state index contributed by atoms with van der Waals surface area (Å²) in [5.41, 5.74) is 2.23. The fourth-order valence-corrected chi connectivity index (χ4v) is 3.88. The second-order valence-corrected chi connectivity index (χ2v) is 7.37. The minimum absolute atomic E-state index is 0.0121. The highest BCUT2D eigenvalue weighted by Crippen LogP contribution is 2.37. The highest BCUT2D eigenvalue weighted by atomic mass is 16.5. The van der Waals surface area contributed by atoms with E-state index in [0.29, 0.717) is 19.1 Å². The van der Waals surface area contributed by atoms with Crippen LogP contribution in [0.1, 0.15) is 64.0 Å². The average Bonchev–Trinajstić information content (AvgIpc) is 2.54. The van der Waals surface area contributed by atoms with Gasteiger partial charge in [0.2, 0.25) is 0 Å². The van der Waals surface area contributed by atoms with Crippen LogP contribution in [0.25, 0.3) is 0 Å². The maximum atomic E-state index is 13.0. The first-order chi connectivity index (χ1) is 11.9. The monoisotopic (exact) mass is 347 g/mol. The molecule has 140 valence electrons. The molecule has 2 rings (SSSR count). The fourth-order valence-electron chi connectivity index (χ4n) is 3.88. The van der Waals surface area contributed by atoms with E-state index in [0.717, 1.165) is 48.2 Å². The first-order valence-corrected chi connectivity index (χ1v) is 9.61. The summed E-state index contributed by atoms with van der Waals surface area (Å²) in [6.45, 7) is 11.6. The average molecular weight is 347 g/mol. The van der Waals surface area contributed by atoms with Gasteiger partial charge >= 0.3 is 0 Å². The molecule has 0 saturated heterocycles. The van der Waals surface area contributed by atoms with Crippen molar-refractivity contribution in [3.8, 4) is 5.75 Å². The van der Waals surface area contributed by atoms with E-state index < -0.39 is 5.60 Å². The summed E-state index contributed by atoms with van der Waals surface area (Å²) in [5, 5.41) is 3.10. The Bertz CT molecular complexity index is 572. The van der Waals surface area contributed by atoms with Gasteiger partial charge in [0.25, 0.3) is 5.91 Å². The lowest BCUT2D eigenvalue weighted by Crippen LogP contribution is -2.48. The quantitative estimate of drug-likeness (QED) is 0.753. The smallest absolute Gasteiger partial charge is 0.256 e. The number of hydrogen-bond donors (Lipinski definition) is 1. The molecule has 0 heterocycles. The van der Waals surface area contributed by atoms with Crippen molar-refractivity contribution in [1.82, 2.24) is 0 Å². The molecular weight excluding hydrogens is 314 g/mol. The molecule has 4 heteroatoms. The Labute approximate surface area is 152 Å². The topological polar surface area (TPSA) is 47.6 Å². The lowest BCUT2D eigenvalue weighted by atomic mass is 9.78. The SMILES string of the molecule is CCCOc1c(C)cc(NC(=O)[C@@]2(OCC)CCC[C@H](C)C2)cc1C. The minimum atomic E-state index is -0.689. The van der Waals surface area contributed by atoms with E-state index >= 15 is 0 Å². The first-order valence-electron chi connectivity index (χ1n) is 9.61. The molecule has 0 aliphatic heterocycles. The third kappa shape index (κ3) is 4.75. The Balaban J connectivity index is 2.18. The number of ether oxygens (including phenoxy) is 2. The summed E-state index contributed by atoms with van der Waals surface area (Å²) in [5.74, 6) is 1.42. The fraction of sp³-hybridized carbons (Fsp3) is 0.667. The Morgan fingerprint density at radius 2 is 1.96 bits per heavy atom. The summed E-state index contributed by atoms with van der Waals surface area (Å²) < 4.78 is 11.8. The van der Waals surface area contributed by atoms with Crippen molar-refractivity contribution in [3.05, 3.63) is 23.3 Å². The maximum absolute atomic E-state index is 13.0. The Hall–Kier alpha value is -1.55. The molecule has 0 aromatic heterocycles. The molecule has 0 unspecified atom stereocenters. The summed E-state index contributed by atoms with van der Waals surface area (Å²) >= 11 is 0. The molecule has 1 aliphatic carbocycles. The van der Waals surface area contributed by atoms with Crippen molar-refractivity contribution in [1.29, 1.82) is 0 Å². The van der Waals surface area contributed by atoms with Gasteiger partial charge < -0.3 is 14.8 Å². The van der Waals surface area contributed by atoms with Crippen LogP contribution in [0.5, 0.6) is 5.75 Å². The molecule has 1 aromatic carbocycles. The van der Waals surface area contributed by atoms with Gasteiger partial charge in [-0.3, -0.25) is 4.79 Å². The van der Waals surface area contributed by atoms with E-state index in [4.69, 9.17) is 9.47 Å². The summed E-state index contributed by atoms with van der Waals surface area (Å²) in [6.07, 6.45) is 4.78. The van der Waals surface area contributed by atoms with Gasteiger partial charge in [0.15, 0.2) is 0 Å². The molecule has 1 aromatic rings. The lowest BCUT2D eigenvalue weighted by molar-refractivity contribution is -0.147. The van der Waals surface area contributed by atoms with Gasteiger partial charge in [0, 0.05) is 12.3 Å². The van der Waals surface area contributed by atoms with Gasteiger partial charge in [-0.2, -0.15) is 0 Å². The largest absolute Gasteiger partial charge is 0.493 e. The van der Waals surface area contributed by atoms with Crippen LogP contribution in [0.3, 0.4) is 0 Å². The predicted molar refractivity (Wildman–Crippen MR) is 102 cm³/mol. The van der Waals surface area contributed by atoms with E-state index in [1.807, 2.05) is 32.9 Å². The number of rotatable bonds is 7. The van der Waals surface area contributed by atoms with Crippen molar-refractivity contribution in [2.24, 2.45) is 5.92 Å². The molecule has 1 N–H and O–H groups in total. The zero-order chi connectivity index (χ0) is 18.4. The normalized spacial score (nSPS) is 23.3. The number of benzene rings is 1. The lowest BCUT2D eigenvalue weighted by Gasteiger charge is -2.38. The molecule has 25 heavy (non-hydrogen) atoms. The molecule has 2 atom stereocenters. The molecule has 1 aliphatic rings. The number of amides is 1. The van der Waals surface area contributed by atoms with Crippen LogP contribution in [0.2, 0.25) is 0 Å². The minimum Gasteiger partial charge on any atom is -0.493 e. The van der Waals surface area contributed by atoms with E-state index in [9.17, 15) is 4.79 Å². The summed E-state index contributed by atoms with van der Waals surface area (Å²) in [6, 6.07) is 3.98. The van der Waals surface area contributed by atoms with Crippen molar-refractivity contribution in [2.75, 3.05) is 18.5 Å². The molecule has 4 nitrogen and oxygen atoms in total. The van der Waals surface area contributed by atoms with Crippen LogP contribution in [-0.2, 0) is 9.53 Å². The zero-order valence-corrected chi connectivity index (χ0v) is 16.4. The number of aryl methyl sites for hydroxylation is 2. The van der Waals surface area contributed by atoms with Gasteiger partial charge in [-0.1, -0.05) is 20.3 Å². The standard InChI is InChI=1S/C21H33NO3/c1-6-11-24-19-16(4)12-18(13-17(19)5)22-20(23)21(25-7-2)10-8-9-15(3)14-21/h12-13,15H,6-11,14H2,1-5H3,(H,22,23)/t15-,21+/m0/s1. The van der Waals surface area contributed by atoms with Crippen molar-refractivity contribution in [3.63, 3.8) is 0 Å². The van der Waals surface area contributed by atoms with Crippen molar-refractivity contribution in [2.45, 2.75) is 72.3 Å². The Morgan fingerprint density at radius 3 is 2.52 bits per heavy atom. The molecule has 0 radical (unpaired) electrons. The molecule has 0 bridgehead atoms. The Kier molecular flexibility index (Phi) is 6.88. The molecular formula is C21H33NO3. The zero-order valence-electron chi connectivity index (χ0n) is 16.4. The summed E-state index contributed by atoms with van der Waals surface area (Å²) in [7, 11) is 0. The number of hydrogen-bond acceptors (Lipinski definition) is 3. The van der Waals surface area contributed by atoms with Crippen LogP contribution >= 0.6 is 0 Å². The first kappa shape index (κ1) is 19.8. The third-order valence-corrected chi connectivity index (χ3v) is 4.96. The Morgan fingerprint density at radius 1 is 1.28 bits per heavy atom. The number of carbonyl (C=O) groups is 1. The number of anilines is 1. The van der Waals surface area contributed by atoms with Crippen LogP contribution < -0.4 is 10.1 Å². The second kappa shape index (κ2) is 8.70. The summed E-state index contributed by atoms with van der Waals surface area (Å²) in [4.78, 5) is 13.0. The van der Waals surface area contributed by atoms with Crippen LogP contribution in [-0.4, -0.2) is 24.7 Å². The molecule has 1 amide bonds. The highest BCUT2D eigenvalue weighted by molar-refractivity contribution is 5.97. The van der Waals surface area contributed by atoms with Gasteiger partial charge in [0.1, 0.15) is 11.4 Å². The van der Waals surface area contributed by atoms with E-state index in [1.165, 1.54) is 6.42 Å². The maximum Gasteiger partial charge on any atom is 0.256 e. The van der Waals surface area contributed by atoms with Crippen molar-refractivity contribution >= 4 is 11.6 Å². The number of nitrogens with one attached hydrogen (secondary N) is 1. The van der Waals surface area contributed by atoms with Crippen LogP contribution in [0.15, 0.2) is 12.1 Å². The van der Waals surface area contributed by atoms with Gasteiger partial charge in [-0.05, 0) is 75.6 Å². The number of carbonyl (C=O) groups excluding carboxylic acids is 1. The van der Waals surface area contributed by atoms with E-state index in [-0.39, 0.29) is 5.91 Å². The molecule has 1 saturated carbocycles.